The van der Waals surface area contributed by atoms with Crippen LogP contribution < -0.4 is 9.64 Å². The fourth-order valence-corrected chi connectivity index (χ4v) is 6.75. The molecule has 0 bridgehead atoms. The topological polar surface area (TPSA) is 12.5 Å². The predicted octanol–water partition coefficient (Wildman–Crippen LogP) is 12.1. The number of para-hydroxylation sites is 2. The fraction of sp³-hybridized carbons (Fsp3) is 0.0698. The highest BCUT2D eigenvalue weighted by Gasteiger charge is 2.35. The van der Waals surface area contributed by atoms with Gasteiger partial charge in [-0.3, -0.25) is 0 Å². The number of anilines is 3. The van der Waals surface area contributed by atoms with Crippen molar-refractivity contribution in [2.45, 2.75) is 19.3 Å². The maximum Gasteiger partial charge on any atom is 0.139 e. The molecule has 7 aromatic rings. The van der Waals surface area contributed by atoms with E-state index in [-0.39, 0.29) is 5.41 Å². The van der Waals surface area contributed by atoms with Crippen molar-refractivity contribution in [1.29, 1.82) is 0 Å². The van der Waals surface area contributed by atoms with Crippen LogP contribution in [0.2, 0.25) is 0 Å². The summed E-state index contributed by atoms with van der Waals surface area (Å²) < 4.78 is 6.60. The Hall–Kier alpha value is -5.60. The zero-order valence-electron chi connectivity index (χ0n) is 25.4. The van der Waals surface area contributed by atoms with Gasteiger partial charge in [0.15, 0.2) is 0 Å². The van der Waals surface area contributed by atoms with Crippen LogP contribution >= 0.6 is 0 Å². The highest BCUT2D eigenvalue weighted by molar-refractivity contribution is 5.99. The SMILES string of the molecule is CC1(C)c2ccccc2Oc2c(-c3ccc(N(c4ccc(-c5ccccc5)cc4)c4cccc5ccccc45)cc3)cccc21. The Morgan fingerprint density at radius 3 is 1.82 bits per heavy atom. The zero-order valence-corrected chi connectivity index (χ0v) is 25.4. The average molecular weight is 580 g/mol. The molecule has 8 rings (SSSR count). The lowest BCUT2D eigenvalue weighted by Crippen LogP contribution is -2.24. The highest BCUT2D eigenvalue weighted by Crippen LogP contribution is 2.51. The molecular formula is C43H33NO. The van der Waals surface area contributed by atoms with Gasteiger partial charge in [0, 0.05) is 38.9 Å². The van der Waals surface area contributed by atoms with Crippen molar-refractivity contribution in [3.8, 4) is 33.8 Å². The van der Waals surface area contributed by atoms with Crippen LogP contribution in [-0.4, -0.2) is 0 Å². The molecule has 0 N–H and O–H groups in total. The van der Waals surface area contributed by atoms with E-state index in [1.807, 2.05) is 6.07 Å². The molecule has 0 saturated carbocycles. The summed E-state index contributed by atoms with van der Waals surface area (Å²) in [7, 11) is 0. The smallest absolute Gasteiger partial charge is 0.139 e. The van der Waals surface area contributed by atoms with Crippen LogP contribution in [-0.2, 0) is 5.41 Å². The minimum Gasteiger partial charge on any atom is -0.456 e. The molecule has 2 nitrogen and oxygen atoms in total. The second-order valence-corrected chi connectivity index (χ2v) is 12.2. The summed E-state index contributed by atoms with van der Waals surface area (Å²) in [6, 6.07) is 58.3. The first-order valence-corrected chi connectivity index (χ1v) is 15.5. The summed E-state index contributed by atoms with van der Waals surface area (Å²) in [4.78, 5) is 2.36. The van der Waals surface area contributed by atoms with Crippen molar-refractivity contribution in [1.82, 2.24) is 0 Å². The fourth-order valence-electron chi connectivity index (χ4n) is 6.75. The van der Waals surface area contributed by atoms with Crippen molar-refractivity contribution >= 4 is 27.8 Å². The van der Waals surface area contributed by atoms with Gasteiger partial charge in [-0.15, -0.1) is 0 Å². The Balaban J connectivity index is 1.23. The molecule has 45 heavy (non-hydrogen) atoms. The zero-order chi connectivity index (χ0) is 30.4. The van der Waals surface area contributed by atoms with Gasteiger partial charge in [-0.1, -0.05) is 141 Å². The third-order valence-electron chi connectivity index (χ3n) is 9.14. The van der Waals surface area contributed by atoms with Crippen LogP contribution in [0.15, 0.2) is 164 Å². The Kier molecular flexibility index (Phi) is 6.50. The molecule has 0 unspecified atom stereocenters. The quantitative estimate of drug-likeness (QED) is 0.201. The van der Waals surface area contributed by atoms with E-state index in [0.29, 0.717) is 0 Å². The lowest BCUT2D eigenvalue weighted by atomic mass is 9.75. The predicted molar refractivity (Wildman–Crippen MR) is 188 cm³/mol. The third-order valence-corrected chi connectivity index (χ3v) is 9.14. The summed E-state index contributed by atoms with van der Waals surface area (Å²) in [5.74, 6) is 1.87. The van der Waals surface area contributed by atoms with Gasteiger partial charge in [0.25, 0.3) is 0 Å². The van der Waals surface area contributed by atoms with Gasteiger partial charge in [0.1, 0.15) is 11.5 Å². The number of ether oxygens (including phenoxy) is 1. The number of hydrogen-bond acceptors (Lipinski definition) is 2. The molecule has 216 valence electrons. The molecule has 0 fully saturated rings. The maximum atomic E-state index is 6.60. The third kappa shape index (κ3) is 4.67. The second-order valence-electron chi connectivity index (χ2n) is 12.2. The molecule has 0 saturated heterocycles. The molecule has 0 aliphatic carbocycles. The summed E-state index contributed by atoms with van der Waals surface area (Å²) in [5.41, 5.74) is 10.3. The monoisotopic (exact) mass is 579 g/mol. The van der Waals surface area contributed by atoms with Crippen LogP contribution in [0.25, 0.3) is 33.0 Å². The summed E-state index contributed by atoms with van der Waals surface area (Å²) in [6.07, 6.45) is 0. The van der Waals surface area contributed by atoms with E-state index in [4.69, 9.17) is 4.74 Å². The Morgan fingerprint density at radius 2 is 1.04 bits per heavy atom. The average Bonchev–Trinajstić information content (AvgIpc) is 3.09. The molecule has 1 heterocycles. The number of hydrogen-bond donors (Lipinski definition) is 0. The van der Waals surface area contributed by atoms with Crippen molar-refractivity contribution in [2.24, 2.45) is 0 Å². The van der Waals surface area contributed by atoms with Crippen molar-refractivity contribution in [2.75, 3.05) is 4.90 Å². The number of benzene rings is 7. The molecule has 0 amide bonds. The summed E-state index contributed by atoms with van der Waals surface area (Å²) in [5, 5.41) is 2.43. The summed E-state index contributed by atoms with van der Waals surface area (Å²) in [6.45, 7) is 4.57. The normalized spacial score (nSPS) is 13.0. The van der Waals surface area contributed by atoms with Crippen molar-refractivity contribution < 1.29 is 4.74 Å². The second kappa shape index (κ2) is 10.8. The van der Waals surface area contributed by atoms with E-state index in [9.17, 15) is 0 Å². The van der Waals surface area contributed by atoms with Crippen LogP contribution in [0, 0.1) is 0 Å². The minimum atomic E-state index is -0.156. The lowest BCUT2D eigenvalue weighted by molar-refractivity contribution is 0.419. The molecule has 0 spiro atoms. The van der Waals surface area contributed by atoms with Gasteiger partial charge in [-0.25, -0.2) is 0 Å². The Morgan fingerprint density at radius 1 is 0.467 bits per heavy atom. The first kappa shape index (κ1) is 27.0. The number of fused-ring (bicyclic) bond motifs is 3. The molecule has 1 aliphatic heterocycles. The standard InChI is InChI=1S/C43H33NO/c1-43(2)38-18-8-9-21-41(38)45-42-37(17-11-19-39(42)43)33-24-28-35(29-25-33)44(40-20-10-15-32-14-6-7-16-36(32)40)34-26-22-31(23-27-34)30-12-4-3-5-13-30/h3-29H,1-2H3. The van der Waals surface area contributed by atoms with Gasteiger partial charge in [0.2, 0.25) is 0 Å². The van der Waals surface area contributed by atoms with Crippen LogP contribution in [0.5, 0.6) is 11.5 Å². The van der Waals surface area contributed by atoms with Gasteiger partial charge < -0.3 is 9.64 Å². The molecule has 0 atom stereocenters. The summed E-state index contributed by atoms with van der Waals surface area (Å²) >= 11 is 0. The highest BCUT2D eigenvalue weighted by atomic mass is 16.5. The number of nitrogens with zero attached hydrogens (tertiary/aromatic N) is 1. The first-order valence-electron chi connectivity index (χ1n) is 15.5. The van der Waals surface area contributed by atoms with E-state index in [1.54, 1.807) is 0 Å². The van der Waals surface area contributed by atoms with Crippen LogP contribution in [0.3, 0.4) is 0 Å². The van der Waals surface area contributed by atoms with Gasteiger partial charge >= 0.3 is 0 Å². The first-order chi connectivity index (χ1) is 22.1. The molecular weight excluding hydrogens is 546 g/mol. The molecule has 7 aromatic carbocycles. The minimum absolute atomic E-state index is 0.156. The van der Waals surface area contributed by atoms with E-state index in [0.717, 1.165) is 39.7 Å². The maximum absolute atomic E-state index is 6.60. The molecule has 2 heteroatoms. The van der Waals surface area contributed by atoms with Crippen LogP contribution in [0.1, 0.15) is 25.0 Å². The Labute approximate surface area is 264 Å². The molecule has 0 radical (unpaired) electrons. The van der Waals surface area contributed by atoms with Gasteiger partial charge in [0.05, 0.1) is 5.69 Å². The van der Waals surface area contributed by atoms with E-state index in [1.165, 1.54) is 33.0 Å². The van der Waals surface area contributed by atoms with E-state index >= 15 is 0 Å². The van der Waals surface area contributed by atoms with Crippen LogP contribution in [0.4, 0.5) is 17.1 Å². The van der Waals surface area contributed by atoms with E-state index in [2.05, 4.69) is 176 Å². The van der Waals surface area contributed by atoms with Crippen molar-refractivity contribution in [3.05, 3.63) is 175 Å². The number of rotatable bonds is 5. The molecule has 0 aromatic heterocycles. The van der Waals surface area contributed by atoms with Gasteiger partial charge in [-0.05, 0) is 58.5 Å². The lowest BCUT2D eigenvalue weighted by Gasteiger charge is -2.35. The largest absolute Gasteiger partial charge is 0.456 e. The Bertz CT molecular complexity index is 2140. The molecule has 1 aliphatic rings. The van der Waals surface area contributed by atoms with E-state index < -0.39 is 0 Å². The van der Waals surface area contributed by atoms with Gasteiger partial charge in [-0.2, -0.15) is 0 Å². The van der Waals surface area contributed by atoms with Crippen molar-refractivity contribution in [3.63, 3.8) is 0 Å².